The molecule has 0 aliphatic heterocycles. The molecule has 5 rings (SSSR count). The number of aliphatic hydroxyl groups is 1. The predicted molar refractivity (Wildman–Crippen MR) is 106 cm³/mol. The van der Waals surface area contributed by atoms with Gasteiger partial charge in [-0.05, 0) is 81.9 Å². The molecule has 2 unspecified atom stereocenters. The Morgan fingerprint density at radius 1 is 1.24 bits per heavy atom. The van der Waals surface area contributed by atoms with E-state index in [1.165, 1.54) is 13.8 Å². The molecule has 0 heterocycles. The van der Waals surface area contributed by atoms with Crippen molar-refractivity contribution < 1.29 is 22.7 Å². The second-order valence-electron chi connectivity index (χ2n) is 9.50. The van der Waals surface area contributed by atoms with Crippen LogP contribution in [0.5, 0.6) is 0 Å². The molecule has 1 aromatic rings. The zero-order valence-electron chi connectivity index (χ0n) is 16.4. The summed E-state index contributed by atoms with van der Waals surface area (Å²) in [7, 11) is -4.13. The monoisotopic (exact) mass is 444 g/mol. The molecule has 0 saturated heterocycles. The Bertz CT molecular complexity index is 936. The predicted octanol–water partition coefficient (Wildman–Crippen LogP) is 2.59. The average Bonchev–Trinajstić information content (AvgIpc) is 2.55. The van der Waals surface area contributed by atoms with Crippen molar-refractivity contribution in [3.8, 4) is 0 Å². The molecule has 9 heteroatoms. The van der Waals surface area contributed by atoms with Crippen LogP contribution >= 0.6 is 11.6 Å². The van der Waals surface area contributed by atoms with Crippen LogP contribution in [0.3, 0.4) is 0 Å². The second-order valence-corrected chi connectivity index (χ2v) is 11.6. The van der Waals surface area contributed by atoms with E-state index in [0.29, 0.717) is 18.8 Å². The van der Waals surface area contributed by atoms with Gasteiger partial charge in [0, 0.05) is 6.04 Å². The highest BCUT2D eigenvalue weighted by atomic mass is 35.5. The lowest BCUT2D eigenvalue weighted by molar-refractivity contribution is -0.148. The minimum Gasteiger partial charge on any atom is -0.390 e. The Morgan fingerprint density at radius 2 is 1.86 bits per heavy atom. The Balaban J connectivity index is 1.48. The number of amides is 1. The zero-order valence-corrected chi connectivity index (χ0v) is 18.0. The van der Waals surface area contributed by atoms with Crippen molar-refractivity contribution in [3.63, 3.8) is 0 Å². The highest BCUT2D eigenvalue weighted by molar-refractivity contribution is 7.89. The van der Waals surface area contributed by atoms with Crippen LogP contribution in [0.25, 0.3) is 0 Å². The van der Waals surface area contributed by atoms with Crippen LogP contribution in [0.1, 0.15) is 46.0 Å². The van der Waals surface area contributed by atoms with Gasteiger partial charge in [-0.3, -0.25) is 4.79 Å². The van der Waals surface area contributed by atoms with Crippen molar-refractivity contribution in [3.05, 3.63) is 29.0 Å². The van der Waals surface area contributed by atoms with Crippen molar-refractivity contribution >= 4 is 27.5 Å². The van der Waals surface area contributed by atoms with Gasteiger partial charge in [0.1, 0.15) is 16.3 Å². The minimum atomic E-state index is -4.13. The molecule has 0 spiro atoms. The average molecular weight is 445 g/mol. The molecular formula is C20H26ClFN2O4S. The van der Waals surface area contributed by atoms with Gasteiger partial charge in [0.05, 0.1) is 10.6 Å². The lowest BCUT2D eigenvalue weighted by atomic mass is 9.52. The SMILES string of the molecule is CC(C)(NS(=O)(=O)c1ccc(F)cc1Cl)C(=O)NC1C2CC3CC1CC(O)(C3)C2. The van der Waals surface area contributed by atoms with Crippen LogP contribution in [0, 0.1) is 23.6 Å². The minimum absolute atomic E-state index is 0.0579. The first-order chi connectivity index (χ1) is 13.4. The third-order valence-electron chi connectivity index (χ3n) is 6.68. The molecule has 29 heavy (non-hydrogen) atoms. The number of hydrogen-bond donors (Lipinski definition) is 3. The van der Waals surface area contributed by atoms with Crippen molar-refractivity contribution in [1.29, 1.82) is 0 Å². The maximum Gasteiger partial charge on any atom is 0.243 e. The summed E-state index contributed by atoms with van der Waals surface area (Å²) in [4.78, 5) is 12.7. The highest BCUT2D eigenvalue weighted by Crippen LogP contribution is 2.55. The van der Waals surface area contributed by atoms with Crippen LogP contribution in [-0.2, 0) is 14.8 Å². The number of hydrogen-bond acceptors (Lipinski definition) is 4. The van der Waals surface area contributed by atoms with E-state index < -0.39 is 32.9 Å². The molecule has 4 saturated carbocycles. The number of rotatable bonds is 5. The summed E-state index contributed by atoms with van der Waals surface area (Å²) in [6, 6.07) is 2.94. The summed E-state index contributed by atoms with van der Waals surface area (Å²) < 4.78 is 41.1. The molecule has 3 N–H and O–H groups in total. The fourth-order valence-corrected chi connectivity index (χ4v) is 7.59. The number of carbonyl (C=O) groups excluding carboxylic acids is 1. The van der Waals surface area contributed by atoms with Crippen LogP contribution < -0.4 is 10.0 Å². The lowest BCUT2D eigenvalue weighted by Gasteiger charge is -2.58. The summed E-state index contributed by atoms with van der Waals surface area (Å²) in [5, 5.41) is 13.5. The normalized spacial score (nSPS) is 33.7. The standard InChI is InChI=1S/C20H26ClFN2O4S/c1-19(2,24-29(27,28)16-4-3-14(22)7-15(16)21)18(25)23-17-12-5-11-6-13(17)10-20(26,8-11)9-12/h3-4,7,11-13,17,24,26H,5-6,8-10H2,1-2H3,(H,23,25). The Kier molecular flexibility index (Phi) is 5.01. The van der Waals surface area contributed by atoms with Gasteiger partial charge in [0.2, 0.25) is 15.9 Å². The smallest absolute Gasteiger partial charge is 0.243 e. The van der Waals surface area contributed by atoms with Crippen LogP contribution in [0.2, 0.25) is 5.02 Å². The topological polar surface area (TPSA) is 95.5 Å². The molecule has 1 aromatic carbocycles. The molecule has 4 aliphatic carbocycles. The molecule has 6 nitrogen and oxygen atoms in total. The molecule has 4 aliphatic rings. The summed E-state index contributed by atoms with van der Waals surface area (Å²) in [5.41, 5.74) is -2.03. The Morgan fingerprint density at radius 3 is 2.41 bits per heavy atom. The van der Waals surface area contributed by atoms with Gasteiger partial charge in [-0.1, -0.05) is 11.6 Å². The van der Waals surface area contributed by atoms with Gasteiger partial charge in [-0.2, -0.15) is 4.72 Å². The second kappa shape index (κ2) is 6.90. The first kappa shape index (κ1) is 21.0. The van der Waals surface area contributed by atoms with Crippen LogP contribution in [0.15, 0.2) is 23.1 Å². The first-order valence-electron chi connectivity index (χ1n) is 9.91. The van der Waals surface area contributed by atoms with Gasteiger partial charge >= 0.3 is 0 Å². The molecule has 0 radical (unpaired) electrons. The van der Waals surface area contributed by atoms with Crippen LogP contribution in [-0.4, -0.2) is 36.6 Å². The van der Waals surface area contributed by atoms with E-state index in [4.69, 9.17) is 11.6 Å². The van der Waals surface area contributed by atoms with E-state index in [2.05, 4.69) is 10.0 Å². The molecule has 1 amide bonds. The van der Waals surface area contributed by atoms with Crippen molar-refractivity contribution in [1.82, 2.24) is 10.0 Å². The van der Waals surface area contributed by atoms with E-state index >= 15 is 0 Å². The summed E-state index contributed by atoms with van der Waals surface area (Å²) in [5.74, 6) is -0.126. The number of carbonyl (C=O) groups is 1. The number of benzene rings is 1. The van der Waals surface area contributed by atoms with Gasteiger partial charge in [0.25, 0.3) is 0 Å². The highest BCUT2D eigenvalue weighted by Gasteiger charge is 2.55. The summed E-state index contributed by atoms with van der Waals surface area (Å²) in [6.07, 6.45) is 4.19. The fourth-order valence-electron chi connectivity index (χ4n) is 5.68. The van der Waals surface area contributed by atoms with Crippen molar-refractivity contribution in [2.75, 3.05) is 0 Å². The molecule has 4 fully saturated rings. The van der Waals surface area contributed by atoms with Crippen LogP contribution in [0.4, 0.5) is 4.39 Å². The quantitative estimate of drug-likeness (QED) is 0.650. The van der Waals surface area contributed by atoms with E-state index in [0.717, 1.165) is 37.5 Å². The largest absolute Gasteiger partial charge is 0.390 e. The molecule has 2 atom stereocenters. The van der Waals surface area contributed by atoms with E-state index in [-0.39, 0.29) is 27.8 Å². The maximum atomic E-state index is 13.3. The fraction of sp³-hybridized carbons (Fsp3) is 0.650. The molecule has 0 aromatic heterocycles. The van der Waals surface area contributed by atoms with Gasteiger partial charge in [-0.25, -0.2) is 12.8 Å². The maximum absolute atomic E-state index is 13.3. The third kappa shape index (κ3) is 3.92. The number of halogens is 2. The van der Waals surface area contributed by atoms with E-state index in [1.54, 1.807) is 0 Å². The van der Waals surface area contributed by atoms with Gasteiger partial charge < -0.3 is 10.4 Å². The van der Waals surface area contributed by atoms with Gasteiger partial charge in [-0.15, -0.1) is 0 Å². The first-order valence-corrected chi connectivity index (χ1v) is 11.8. The van der Waals surface area contributed by atoms with E-state index in [9.17, 15) is 22.7 Å². The van der Waals surface area contributed by atoms with Gasteiger partial charge in [0.15, 0.2) is 0 Å². The summed E-state index contributed by atoms with van der Waals surface area (Å²) in [6.45, 7) is 2.97. The molecule has 160 valence electrons. The molecule has 4 bridgehead atoms. The molecular weight excluding hydrogens is 419 g/mol. The Hall–Kier alpha value is -1.22. The van der Waals surface area contributed by atoms with Crippen molar-refractivity contribution in [2.45, 2.75) is 68.0 Å². The zero-order chi connectivity index (χ0) is 21.2. The van der Waals surface area contributed by atoms with E-state index in [1.807, 2.05) is 0 Å². The number of sulfonamides is 1. The third-order valence-corrected chi connectivity index (χ3v) is 8.82. The lowest BCUT2D eigenvalue weighted by Crippen LogP contribution is -2.65. The Labute approximate surface area is 175 Å². The number of nitrogens with one attached hydrogen (secondary N) is 2. The summed E-state index contributed by atoms with van der Waals surface area (Å²) >= 11 is 5.89. The van der Waals surface area contributed by atoms with Crippen molar-refractivity contribution in [2.24, 2.45) is 17.8 Å².